The molecule has 2 aromatic carbocycles. The lowest BCUT2D eigenvalue weighted by Crippen LogP contribution is -2.32. The van der Waals surface area contributed by atoms with E-state index in [-0.39, 0.29) is 40.7 Å². The van der Waals surface area contributed by atoms with Gasteiger partial charge in [0, 0.05) is 42.9 Å². The molecule has 1 N–H and O–H groups in total. The number of methoxy groups -OCH3 is 1. The maximum absolute atomic E-state index is 13.7. The Kier molecular flexibility index (Phi) is 8.48. The van der Waals surface area contributed by atoms with E-state index in [4.69, 9.17) is 4.74 Å². The molecule has 1 aliphatic rings. The van der Waals surface area contributed by atoms with Gasteiger partial charge < -0.3 is 14.7 Å². The minimum Gasteiger partial charge on any atom is -0.507 e. The monoisotopic (exact) mass is 542 g/mol. The summed E-state index contributed by atoms with van der Waals surface area (Å²) in [6.07, 6.45) is 0.883. The molecule has 1 aliphatic heterocycles. The van der Waals surface area contributed by atoms with Crippen LogP contribution in [0, 0.1) is 5.92 Å². The largest absolute Gasteiger partial charge is 0.507 e. The highest BCUT2D eigenvalue weighted by atomic mass is 79.9. The van der Waals surface area contributed by atoms with Gasteiger partial charge in [0.1, 0.15) is 11.6 Å². The number of carbonyl (C=O) groups is 1. The number of nitrogens with zero attached hydrogens (tertiary/aromatic N) is 2. The minimum absolute atomic E-state index is 0.0221. The highest BCUT2D eigenvalue weighted by Gasteiger charge is 2.40. The molecular weight excluding hydrogens is 504 g/mol. The number of hydrogen-bond acceptors (Lipinski definition) is 4. The molecule has 0 amide bonds. The second-order valence-electron chi connectivity index (χ2n) is 11.6. The number of carbonyl (C=O) groups excluding carboxylic acids is 1. The second kappa shape index (κ2) is 10.8. The Balaban J connectivity index is 1.97. The summed E-state index contributed by atoms with van der Waals surface area (Å²) < 4.78 is 9.86. The summed E-state index contributed by atoms with van der Waals surface area (Å²) in [6.45, 7) is 14.0. The van der Waals surface area contributed by atoms with E-state index >= 15 is 0 Å². The number of halogens is 1. The normalized spacial score (nSPS) is 20.0. The summed E-state index contributed by atoms with van der Waals surface area (Å²) in [5.41, 5.74) is 2.83. The first-order valence-corrected chi connectivity index (χ1v) is 13.0. The predicted octanol–water partition coefficient (Wildman–Crippen LogP) is 6.63. The quantitative estimate of drug-likeness (QED) is 0.398. The van der Waals surface area contributed by atoms with Crippen LogP contribution < -0.4 is 0 Å². The standard InChI is InChI=1S/C29H39BrN2O3/c1-28(2,3)22-15-21(16-23(26(22)34)29(4,5)6)24(33)18-32-17-20(13-14-35-7)25(27(32)31-30)19-11-9-8-10-12-19/h8-12,15-16,20,25,34H,13-14,17-18H2,1-7H3/b31-27-/t20-,25+/m0/s1. The Morgan fingerprint density at radius 1 is 1.09 bits per heavy atom. The van der Waals surface area contributed by atoms with E-state index in [2.05, 4.69) is 78.7 Å². The zero-order chi connectivity index (χ0) is 26.0. The van der Waals surface area contributed by atoms with Gasteiger partial charge in [-0.15, -0.1) is 0 Å². The number of ether oxygens (including phenoxy) is 1. The highest BCUT2D eigenvalue weighted by molar-refractivity contribution is 9.08. The van der Waals surface area contributed by atoms with Gasteiger partial charge in [-0.3, -0.25) is 4.79 Å². The third kappa shape index (κ3) is 6.15. The van der Waals surface area contributed by atoms with Crippen molar-refractivity contribution < 1.29 is 14.6 Å². The molecule has 0 radical (unpaired) electrons. The average Bonchev–Trinajstić information content (AvgIpc) is 3.13. The maximum atomic E-state index is 13.7. The number of phenolic OH excluding ortho intramolecular Hbond substituents is 1. The fraction of sp³-hybridized carbons (Fsp3) is 0.517. The van der Waals surface area contributed by atoms with Crippen molar-refractivity contribution in [3.05, 3.63) is 64.7 Å². The summed E-state index contributed by atoms with van der Waals surface area (Å²) in [4.78, 5) is 15.8. The molecule has 0 unspecified atom stereocenters. The number of Topliss-reactive ketones (excluding diaryl/α,β-unsaturated/α-hetero) is 1. The lowest BCUT2D eigenvalue weighted by Gasteiger charge is -2.28. The SMILES string of the molecule is COCC[C@H]1CN(CC(=O)c2cc(C(C)(C)C)c(O)c(C(C)(C)C)c2)/C(=N\Br)[C@@H]1c1ccccc1. The molecule has 0 spiro atoms. The van der Waals surface area contributed by atoms with Gasteiger partial charge in [-0.25, -0.2) is 0 Å². The summed E-state index contributed by atoms with van der Waals surface area (Å²) in [5.74, 6) is 1.56. The Hall–Kier alpha value is -2.18. The minimum atomic E-state index is -0.292. The number of benzene rings is 2. The lowest BCUT2D eigenvalue weighted by molar-refractivity contribution is 0.0962. The van der Waals surface area contributed by atoms with Crippen LogP contribution in [-0.2, 0) is 15.6 Å². The molecule has 1 fully saturated rings. The van der Waals surface area contributed by atoms with Crippen molar-refractivity contribution in [3.8, 4) is 5.75 Å². The molecule has 0 aliphatic carbocycles. The number of amidine groups is 1. The second-order valence-corrected chi connectivity index (χ2v) is 12.0. The maximum Gasteiger partial charge on any atom is 0.182 e. The fourth-order valence-corrected chi connectivity index (χ4v) is 5.40. The number of hydrogen-bond donors (Lipinski definition) is 1. The molecule has 2 aromatic rings. The van der Waals surface area contributed by atoms with E-state index < -0.39 is 0 Å². The molecule has 6 heteroatoms. The number of aromatic hydroxyl groups is 1. The number of rotatable bonds is 7. The third-order valence-electron chi connectivity index (χ3n) is 6.85. The topological polar surface area (TPSA) is 62.1 Å². The van der Waals surface area contributed by atoms with Crippen LogP contribution in [0.1, 0.15) is 80.9 Å². The van der Waals surface area contributed by atoms with Crippen LogP contribution in [0.2, 0.25) is 0 Å². The molecule has 35 heavy (non-hydrogen) atoms. The van der Waals surface area contributed by atoms with Crippen molar-refractivity contribution in [2.24, 2.45) is 9.94 Å². The van der Waals surface area contributed by atoms with E-state index in [0.717, 1.165) is 29.9 Å². The smallest absolute Gasteiger partial charge is 0.182 e. The first-order valence-electron chi connectivity index (χ1n) is 12.3. The molecule has 0 saturated carbocycles. The molecule has 3 rings (SSSR count). The summed E-state index contributed by atoms with van der Waals surface area (Å²) in [7, 11) is 1.72. The third-order valence-corrected chi connectivity index (χ3v) is 7.21. The van der Waals surface area contributed by atoms with Crippen molar-refractivity contribution in [3.63, 3.8) is 0 Å². The van der Waals surface area contributed by atoms with Gasteiger partial charge in [-0.2, -0.15) is 4.02 Å². The van der Waals surface area contributed by atoms with E-state index in [1.165, 1.54) is 5.56 Å². The molecule has 0 aromatic heterocycles. The van der Waals surface area contributed by atoms with Crippen molar-refractivity contribution in [1.29, 1.82) is 0 Å². The van der Waals surface area contributed by atoms with Gasteiger partial charge >= 0.3 is 0 Å². The average molecular weight is 544 g/mol. The van der Waals surface area contributed by atoms with Crippen LogP contribution in [0.5, 0.6) is 5.75 Å². The molecule has 0 bridgehead atoms. The van der Waals surface area contributed by atoms with Gasteiger partial charge in [0.25, 0.3) is 0 Å². The molecule has 190 valence electrons. The summed E-state index contributed by atoms with van der Waals surface area (Å²) in [6, 6.07) is 14.1. The zero-order valence-electron chi connectivity index (χ0n) is 22.1. The van der Waals surface area contributed by atoms with Crippen LogP contribution in [-0.4, -0.2) is 48.4 Å². The van der Waals surface area contributed by atoms with Gasteiger partial charge in [-0.05, 0) is 40.9 Å². The summed E-state index contributed by atoms with van der Waals surface area (Å²) >= 11 is 3.35. The van der Waals surface area contributed by atoms with Crippen LogP contribution in [0.15, 0.2) is 46.5 Å². The Morgan fingerprint density at radius 2 is 1.66 bits per heavy atom. The van der Waals surface area contributed by atoms with Crippen LogP contribution in [0.4, 0.5) is 0 Å². The number of ketones is 1. The Morgan fingerprint density at radius 3 is 2.14 bits per heavy atom. The van der Waals surface area contributed by atoms with E-state index in [1.807, 2.05) is 30.3 Å². The predicted molar refractivity (Wildman–Crippen MR) is 147 cm³/mol. The molecular formula is C29H39BrN2O3. The van der Waals surface area contributed by atoms with Crippen LogP contribution in [0.3, 0.4) is 0 Å². The van der Waals surface area contributed by atoms with E-state index in [0.29, 0.717) is 12.2 Å². The van der Waals surface area contributed by atoms with E-state index in [1.54, 1.807) is 7.11 Å². The van der Waals surface area contributed by atoms with Crippen molar-refractivity contribution >= 4 is 27.8 Å². The molecule has 1 saturated heterocycles. The first-order chi connectivity index (χ1) is 16.4. The number of phenols is 1. The molecule has 2 atom stereocenters. The van der Waals surface area contributed by atoms with Crippen molar-refractivity contribution in [1.82, 2.24) is 4.90 Å². The van der Waals surface area contributed by atoms with Crippen LogP contribution in [0.25, 0.3) is 0 Å². The van der Waals surface area contributed by atoms with Crippen LogP contribution >= 0.6 is 16.1 Å². The van der Waals surface area contributed by atoms with Crippen molar-refractivity contribution in [2.75, 3.05) is 26.8 Å². The van der Waals surface area contributed by atoms with Gasteiger partial charge in [0.05, 0.1) is 22.7 Å². The fourth-order valence-electron chi connectivity index (χ4n) is 4.95. The Bertz CT molecular complexity index is 1030. The highest BCUT2D eigenvalue weighted by Crippen LogP contribution is 2.41. The Labute approximate surface area is 218 Å². The molecule has 1 heterocycles. The van der Waals surface area contributed by atoms with Gasteiger partial charge in [0.15, 0.2) is 5.78 Å². The first kappa shape index (κ1) is 27.4. The number of likely N-dealkylation sites (tertiary alicyclic amines) is 1. The van der Waals surface area contributed by atoms with Crippen molar-refractivity contribution in [2.45, 2.75) is 64.7 Å². The van der Waals surface area contributed by atoms with E-state index in [9.17, 15) is 9.90 Å². The van der Waals surface area contributed by atoms with Gasteiger partial charge in [-0.1, -0.05) is 71.9 Å². The van der Waals surface area contributed by atoms with Gasteiger partial charge in [0.2, 0.25) is 0 Å². The zero-order valence-corrected chi connectivity index (χ0v) is 23.6. The summed E-state index contributed by atoms with van der Waals surface area (Å²) in [5, 5.41) is 11.0. The lowest BCUT2D eigenvalue weighted by atomic mass is 9.78. The molecule has 5 nitrogen and oxygen atoms in total.